The highest BCUT2D eigenvalue weighted by atomic mass is 16.5. The molecule has 0 spiro atoms. The van der Waals surface area contributed by atoms with Gasteiger partial charge < -0.3 is 20.8 Å². The first-order valence-electron chi connectivity index (χ1n) is 5.40. The van der Waals surface area contributed by atoms with E-state index in [4.69, 9.17) is 10.5 Å². The Labute approximate surface area is 99.2 Å². The fourth-order valence-corrected chi connectivity index (χ4v) is 1.37. The molecule has 6 heteroatoms. The van der Waals surface area contributed by atoms with E-state index < -0.39 is 0 Å². The van der Waals surface area contributed by atoms with E-state index in [1.165, 1.54) is 0 Å². The Morgan fingerprint density at radius 2 is 2.35 bits per heavy atom. The van der Waals surface area contributed by atoms with Crippen molar-refractivity contribution in [2.24, 2.45) is 0 Å². The monoisotopic (exact) mass is 233 g/mol. The molecule has 17 heavy (non-hydrogen) atoms. The zero-order valence-electron chi connectivity index (χ0n) is 9.60. The van der Waals surface area contributed by atoms with Crippen molar-refractivity contribution in [2.45, 2.75) is 13.5 Å². The number of pyridine rings is 1. The standard InChI is InChI=1S/C11H15N5O/c1-2-17-11-9(12)3-4-10(16-11)14-6-8-5-13-7-15-8/h3-5,7H,2,6,12H2,1H3,(H,13,15)(H,14,16). The number of nitrogens with two attached hydrogens (primary N) is 1. The van der Waals surface area contributed by atoms with Gasteiger partial charge in [0.1, 0.15) is 5.82 Å². The molecule has 0 atom stereocenters. The van der Waals surface area contributed by atoms with Crippen LogP contribution in [0.5, 0.6) is 5.88 Å². The minimum absolute atomic E-state index is 0.460. The van der Waals surface area contributed by atoms with Crippen molar-refractivity contribution in [1.82, 2.24) is 15.0 Å². The van der Waals surface area contributed by atoms with E-state index in [2.05, 4.69) is 20.3 Å². The Bertz CT molecular complexity index is 469. The molecule has 0 aliphatic rings. The molecule has 0 saturated carbocycles. The molecule has 2 heterocycles. The minimum Gasteiger partial charge on any atom is -0.476 e. The van der Waals surface area contributed by atoms with E-state index in [0.717, 1.165) is 11.5 Å². The molecular weight excluding hydrogens is 218 g/mol. The first-order valence-corrected chi connectivity index (χ1v) is 5.40. The maximum atomic E-state index is 5.73. The lowest BCUT2D eigenvalue weighted by Crippen LogP contribution is -2.05. The SMILES string of the molecule is CCOc1nc(NCc2cnc[nH]2)ccc1N. The fraction of sp³-hybridized carbons (Fsp3) is 0.273. The van der Waals surface area contributed by atoms with Crippen LogP contribution >= 0.6 is 0 Å². The van der Waals surface area contributed by atoms with Gasteiger partial charge in [-0.3, -0.25) is 0 Å². The average molecular weight is 233 g/mol. The van der Waals surface area contributed by atoms with Crippen LogP contribution in [0.15, 0.2) is 24.7 Å². The van der Waals surface area contributed by atoms with Crippen molar-refractivity contribution in [3.05, 3.63) is 30.4 Å². The molecule has 2 aromatic rings. The van der Waals surface area contributed by atoms with Crippen LogP contribution in [-0.4, -0.2) is 21.6 Å². The first-order chi connectivity index (χ1) is 8.29. The molecular formula is C11H15N5O. The second-order valence-electron chi connectivity index (χ2n) is 3.45. The van der Waals surface area contributed by atoms with Crippen molar-refractivity contribution in [3.8, 4) is 5.88 Å². The van der Waals surface area contributed by atoms with Gasteiger partial charge in [0.05, 0.1) is 30.9 Å². The van der Waals surface area contributed by atoms with Crippen LogP contribution < -0.4 is 15.8 Å². The zero-order chi connectivity index (χ0) is 12.1. The number of hydrogen-bond donors (Lipinski definition) is 3. The maximum Gasteiger partial charge on any atom is 0.239 e. The summed E-state index contributed by atoms with van der Waals surface area (Å²) in [5, 5.41) is 3.16. The van der Waals surface area contributed by atoms with Crippen LogP contribution in [0.2, 0.25) is 0 Å². The quantitative estimate of drug-likeness (QED) is 0.726. The van der Waals surface area contributed by atoms with Crippen molar-refractivity contribution in [1.29, 1.82) is 0 Å². The Morgan fingerprint density at radius 3 is 3.06 bits per heavy atom. The first kappa shape index (κ1) is 11.3. The van der Waals surface area contributed by atoms with E-state index in [9.17, 15) is 0 Å². The smallest absolute Gasteiger partial charge is 0.239 e. The van der Waals surface area contributed by atoms with E-state index in [0.29, 0.717) is 24.7 Å². The van der Waals surface area contributed by atoms with E-state index in [-0.39, 0.29) is 0 Å². The third kappa shape index (κ3) is 2.87. The Balaban J connectivity index is 2.03. The predicted molar refractivity (Wildman–Crippen MR) is 65.7 cm³/mol. The molecule has 0 aliphatic heterocycles. The molecule has 4 N–H and O–H groups in total. The summed E-state index contributed by atoms with van der Waals surface area (Å²) in [6, 6.07) is 3.58. The number of hydrogen-bond acceptors (Lipinski definition) is 5. The van der Waals surface area contributed by atoms with Crippen molar-refractivity contribution < 1.29 is 4.74 Å². The van der Waals surface area contributed by atoms with Crippen molar-refractivity contribution >= 4 is 11.5 Å². The summed E-state index contributed by atoms with van der Waals surface area (Å²) in [6.07, 6.45) is 3.40. The normalized spacial score (nSPS) is 10.2. The van der Waals surface area contributed by atoms with Crippen LogP contribution in [0.1, 0.15) is 12.6 Å². The van der Waals surface area contributed by atoms with Gasteiger partial charge in [-0.25, -0.2) is 4.98 Å². The van der Waals surface area contributed by atoms with Gasteiger partial charge in [0.15, 0.2) is 0 Å². The van der Waals surface area contributed by atoms with Crippen LogP contribution in [0.4, 0.5) is 11.5 Å². The van der Waals surface area contributed by atoms with Crippen LogP contribution in [0.3, 0.4) is 0 Å². The molecule has 0 bridgehead atoms. The molecule has 0 amide bonds. The van der Waals surface area contributed by atoms with Crippen LogP contribution in [-0.2, 0) is 6.54 Å². The van der Waals surface area contributed by atoms with Gasteiger partial charge in [-0.15, -0.1) is 0 Å². The lowest BCUT2D eigenvalue weighted by Gasteiger charge is -2.09. The largest absolute Gasteiger partial charge is 0.476 e. The number of imidazole rings is 1. The molecule has 0 unspecified atom stereocenters. The molecule has 0 aliphatic carbocycles. The third-order valence-corrected chi connectivity index (χ3v) is 2.19. The highest BCUT2D eigenvalue weighted by Gasteiger charge is 2.03. The Kier molecular flexibility index (Phi) is 3.44. The van der Waals surface area contributed by atoms with Gasteiger partial charge in [-0.05, 0) is 19.1 Å². The molecule has 0 saturated heterocycles. The number of aromatic nitrogens is 3. The second-order valence-corrected chi connectivity index (χ2v) is 3.45. The molecule has 0 radical (unpaired) electrons. The molecule has 0 fully saturated rings. The number of nitrogens with one attached hydrogen (secondary N) is 2. The number of aromatic amines is 1. The van der Waals surface area contributed by atoms with Gasteiger partial charge >= 0.3 is 0 Å². The number of ether oxygens (including phenoxy) is 1. The highest BCUT2D eigenvalue weighted by molar-refractivity contribution is 5.53. The Hall–Kier alpha value is -2.24. The minimum atomic E-state index is 0.460. The van der Waals surface area contributed by atoms with Gasteiger partial charge in [-0.1, -0.05) is 0 Å². The second kappa shape index (κ2) is 5.20. The van der Waals surface area contributed by atoms with Gasteiger partial charge in [0.2, 0.25) is 5.88 Å². The number of H-pyrrole nitrogens is 1. The summed E-state index contributed by atoms with van der Waals surface area (Å²) in [5.74, 6) is 1.18. The average Bonchev–Trinajstić information content (AvgIpc) is 2.83. The van der Waals surface area contributed by atoms with Crippen molar-refractivity contribution in [3.63, 3.8) is 0 Å². The lowest BCUT2D eigenvalue weighted by molar-refractivity contribution is 0.329. The van der Waals surface area contributed by atoms with Gasteiger partial charge in [0, 0.05) is 6.20 Å². The summed E-state index contributed by atoms with van der Waals surface area (Å²) >= 11 is 0. The number of nitrogen functional groups attached to an aromatic ring is 1. The zero-order valence-corrected chi connectivity index (χ0v) is 9.60. The summed E-state index contributed by atoms with van der Waals surface area (Å²) in [4.78, 5) is 11.2. The van der Waals surface area contributed by atoms with Crippen LogP contribution in [0.25, 0.3) is 0 Å². The number of rotatable bonds is 5. The van der Waals surface area contributed by atoms with Crippen molar-refractivity contribution in [2.75, 3.05) is 17.7 Å². The molecule has 90 valence electrons. The fourth-order valence-electron chi connectivity index (χ4n) is 1.37. The summed E-state index contributed by atoms with van der Waals surface area (Å²) < 4.78 is 5.32. The van der Waals surface area contributed by atoms with Gasteiger partial charge in [-0.2, -0.15) is 4.98 Å². The number of anilines is 2. The number of nitrogens with zero attached hydrogens (tertiary/aromatic N) is 2. The third-order valence-electron chi connectivity index (χ3n) is 2.19. The summed E-state index contributed by atoms with van der Waals surface area (Å²) in [6.45, 7) is 3.06. The highest BCUT2D eigenvalue weighted by Crippen LogP contribution is 2.20. The molecule has 0 aromatic carbocycles. The van der Waals surface area contributed by atoms with Crippen LogP contribution in [0, 0.1) is 0 Å². The van der Waals surface area contributed by atoms with E-state index in [1.54, 1.807) is 18.6 Å². The maximum absolute atomic E-state index is 5.73. The van der Waals surface area contributed by atoms with E-state index >= 15 is 0 Å². The topological polar surface area (TPSA) is 88.8 Å². The lowest BCUT2D eigenvalue weighted by atomic mass is 10.4. The molecule has 2 aromatic heterocycles. The summed E-state index contributed by atoms with van der Waals surface area (Å²) in [7, 11) is 0. The Morgan fingerprint density at radius 1 is 1.47 bits per heavy atom. The predicted octanol–water partition coefficient (Wildman–Crippen LogP) is 1.40. The van der Waals surface area contributed by atoms with E-state index in [1.807, 2.05) is 13.0 Å². The molecule has 6 nitrogen and oxygen atoms in total. The summed E-state index contributed by atoms with van der Waals surface area (Å²) in [5.41, 5.74) is 7.26. The van der Waals surface area contributed by atoms with Gasteiger partial charge in [0.25, 0.3) is 0 Å². The molecule has 2 rings (SSSR count).